The number of halogens is 3. The molecular formula is C30H26BrCl2N3O4. The number of ether oxygens (including phenoxy) is 1. The van der Waals surface area contributed by atoms with Crippen LogP contribution in [0.4, 0.5) is 0 Å². The van der Waals surface area contributed by atoms with Crippen molar-refractivity contribution < 1.29 is 14.3 Å². The number of esters is 1. The number of hydrazone groups is 1. The second-order valence-electron chi connectivity index (χ2n) is 9.87. The normalized spacial score (nSPS) is 19.4. The largest absolute Gasteiger partial charge is 0.452 e. The summed E-state index contributed by atoms with van der Waals surface area (Å²) in [7, 11) is 1.57. The lowest BCUT2D eigenvalue weighted by atomic mass is 9.77. The minimum Gasteiger partial charge on any atom is -0.452 e. The molecule has 1 amide bonds. The predicted molar refractivity (Wildman–Crippen MR) is 160 cm³/mol. The monoisotopic (exact) mass is 641 g/mol. The number of amides is 1. The van der Waals surface area contributed by atoms with E-state index < -0.39 is 24.0 Å². The highest BCUT2D eigenvalue weighted by atomic mass is 79.9. The van der Waals surface area contributed by atoms with E-state index in [4.69, 9.17) is 33.0 Å². The van der Waals surface area contributed by atoms with Gasteiger partial charge in [0.05, 0.1) is 11.8 Å². The maximum Gasteiger partial charge on any atom is 0.344 e. The van der Waals surface area contributed by atoms with Gasteiger partial charge in [0.2, 0.25) is 0 Å². The summed E-state index contributed by atoms with van der Waals surface area (Å²) in [6, 6.07) is 16.0. The zero-order valence-electron chi connectivity index (χ0n) is 21.9. The fourth-order valence-corrected chi connectivity index (χ4v) is 5.91. The molecule has 206 valence electrons. The van der Waals surface area contributed by atoms with Crippen LogP contribution in [-0.4, -0.2) is 33.8 Å². The van der Waals surface area contributed by atoms with Crippen LogP contribution in [0.5, 0.6) is 0 Å². The van der Waals surface area contributed by atoms with Crippen LogP contribution in [0.3, 0.4) is 0 Å². The summed E-state index contributed by atoms with van der Waals surface area (Å²) in [6.45, 7) is 1.19. The minimum atomic E-state index is -0.870. The molecule has 2 heterocycles. The maximum absolute atomic E-state index is 13.5. The number of aromatic nitrogens is 1. The molecule has 1 aromatic heterocycles. The molecule has 2 aromatic carbocycles. The number of rotatable bonds is 5. The molecule has 7 nitrogen and oxygen atoms in total. The van der Waals surface area contributed by atoms with E-state index in [0.717, 1.165) is 41.7 Å². The third kappa shape index (κ3) is 5.66. The molecule has 2 atom stereocenters. The SMILES string of the molecule is Cc1c(Br)cc(C(=O)OCC(=O)N2N=C3/C(=C\c4ccc(Cl)cc4)CCCC3C2c2ccc(Cl)cc2)c(=O)n1C. The molecule has 10 heteroatoms. The summed E-state index contributed by atoms with van der Waals surface area (Å²) in [5.74, 6) is -1.39. The molecule has 0 N–H and O–H groups in total. The Labute approximate surface area is 250 Å². The van der Waals surface area contributed by atoms with Crippen molar-refractivity contribution in [2.75, 3.05) is 6.61 Å². The van der Waals surface area contributed by atoms with Crippen LogP contribution in [0.25, 0.3) is 6.08 Å². The lowest BCUT2D eigenvalue weighted by Crippen LogP contribution is -2.35. The van der Waals surface area contributed by atoms with Gasteiger partial charge >= 0.3 is 5.97 Å². The number of nitrogens with zero attached hydrogens (tertiary/aromatic N) is 3. The molecule has 0 spiro atoms. The third-order valence-electron chi connectivity index (χ3n) is 7.38. The van der Waals surface area contributed by atoms with Crippen molar-refractivity contribution in [1.82, 2.24) is 9.58 Å². The molecule has 0 radical (unpaired) electrons. The zero-order chi connectivity index (χ0) is 28.6. The minimum absolute atomic E-state index is 0.0338. The summed E-state index contributed by atoms with van der Waals surface area (Å²) in [5, 5.41) is 7.47. The highest BCUT2D eigenvalue weighted by molar-refractivity contribution is 9.10. The number of carbonyl (C=O) groups is 2. The Bertz CT molecular complexity index is 1600. The van der Waals surface area contributed by atoms with Crippen LogP contribution in [0.15, 0.2) is 74.5 Å². The van der Waals surface area contributed by atoms with E-state index in [1.807, 2.05) is 36.4 Å². The second-order valence-corrected chi connectivity index (χ2v) is 11.6. The van der Waals surface area contributed by atoms with Gasteiger partial charge in [-0.15, -0.1) is 0 Å². The van der Waals surface area contributed by atoms with Crippen molar-refractivity contribution in [1.29, 1.82) is 0 Å². The molecule has 0 saturated heterocycles. The van der Waals surface area contributed by atoms with Crippen molar-refractivity contribution in [3.8, 4) is 0 Å². The van der Waals surface area contributed by atoms with E-state index in [-0.39, 0.29) is 17.5 Å². The molecule has 1 saturated carbocycles. The maximum atomic E-state index is 13.5. The van der Waals surface area contributed by atoms with E-state index in [0.29, 0.717) is 20.2 Å². The van der Waals surface area contributed by atoms with Gasteiger partial charge in [-0.05, 0) is 95.2 Å². The van der Waals surface area contributed by atoms with E-state index in [1.165, 1.54) is 15.6 Å². The van der Waals surface area contributed by atoms with Gasteiger partial charge in [0.15, 0.2) is 6.61 Å². The average Bonchev–Trinajstić information content (AvgIpc) is 3.35. The molecular weight excluding hydrogens is 617 g/mol. The van der Waals surface area contributed by atoms with Gasteiger partial charge in [0.1, 0.15) is 5.56 Å². The zero-order valence-corrected chi connectivity index (χ0v) is 25.0. The molecule has 2 aliphatic rings. The number of pyridine rings is 1. The molecule has 40 heavy (non-hydrogen) atoms. The standard InChI is InChI=1S/C30H26BrCl2N3O4/c1-17-25(31)15-24(29(38)35(17)2)30(39)40-16-26(37)36-28(19-8-12-22(33)13-9-19)23-5-3-4-20(27(23)34-36)14-18-6-10-21(32)11-7-18/h6-15,23,28H,3-5,16H2,1-2H3/b20-14-. The fraction of sp³-hybridized carbons (Fsp3) is 0.267. The van der Waals surface area contributed by atoms with Crippen molar-refractivity contribution in [3.05, 3.63) is 107 Å². The second kappa shape index (κ2) is 11.7. The van der Waals surface area contributed by atoms with Gasteiger partial charge < -0.3 is 9.30 Å². The van der Waals surface area contributed by atoms with E-state index in [1.54, 1.807) is 26.1 Å². The van der Waals surface area contributed by atoms with E-state index in [2.05, 4.69) is 22.0 Å². The fourth-order valence-electron chi connectivity index (χ4n) is 5.16. The van der Waals surface area contributed by atoms with Gasteiger partial charge in [0, 0.05) is 33.2 Å². The van der Waals surface area contributed by atoms with Gasteiger partial charge in [-0.3, -0.25) is 9.59 Å². The lowest BCUT2D eigenvalue weighted by Gasteiger charge is -2.29. The summed E-state index contributed by atoms with van der Waals surface area (Å²) >= 11 is 15.6. The van der Waals surface area contributed by atoms with Crippen molar-refractivity contribution in [2.24, 2.45) is 18.1 Å². The number of carbonyl (C=O) groups excluding carboxylic acids is 2. The average molecular weight is 643 g/mol. The van der Waals surface area contributed by atoms with E-state index in [9.17, 15) is 14.4 Å². The van der Waals surface area contributed by atoms with Crippen LogP contribution in [-0.2, 0) is 16.6 Å². The first-order chi connectivity index (χ1) is 19.1. The first-order valence-electron chi connectivity index (χ1n) is 12.8. The molecule has 2 unspecified atom stereocenters. The Hall–Kier alpha value is -3.20. The Morgan fingerprint density at radius 2 is 1.75 bits per heavy atom. The third-order valence-corrected chi connectivity index (χ3v) is 8.69. The lowest BCUT2D eigenvalue weighted by molar-refractivity contribution is -0.137. The van der Waals surface area contributed by atoms with Crippen molar-refractivity contribution in [2.45, 2.75) is 32.2 Å². The van der Waals surface area contributed by atoms with Crippen LogP contribution >= 0.6 is 39.1 Å². The van der Waals surface area contributed by atoms with Crippen LogP contribution in [0, 0.1) is 12.8 Å². The van der Waals surface area contributed by atoms with Gasteiger partial charge in [-0.25, -0.2) is 9.80 Å². The van der Waals surface area contributed by atoms with Crippen LogP contribution in [0.1, 0.15) is 52.5 Å². The van der Waals surface area contributed by atoms with Gasteiger partial charge in [-0.2, -0.15) is 5.10 Å². The summed E-state index contributed by atoms with van der Waals surface area (Å²) in [4.78, 5) is 39.0. The number of benzene rings is 2. The number of fused-ring (bicyclic) bond motifs is 1. The molecule has 3 aromatic rings. The Morgan fingerprint density at radius 1 is 1.10 bits per heavy atom. The van der Waals surface area contributed by atoms with Crippen molar-refractivity contribution >= 4 is 62.8 Å². The van der Waals surface area contributed by atoms with Gasteiger partial charge in [0.25, 0.3) is 11.5 Å². The van der Waals surface area contributed by atoms with Crippen molar-refractivity contribution in [3.63, 3.8) is 0 Å². The quantitative estimate of drug-likeness (QED) is 0.289. The molecule has 0 bridgehead atoms. The van der Waals surface area contributed by atoms with Crippen LogP contribution in [0.2, 0.25) is 10.0 Å². The topological polar surface area (TPSA) is 81.0 Å². The number of allylic oxidation sites excluding steroid dienone is 1. The summed E-state index contributed by atoms with van der Waals surface area (Å²) in [5.41, 5.74) is 3.79. The Balaban J connectivity index is 1.44. The predicted octanol–water partition coefficient (Wildman–Crippen LogP) is 6.74. The molecule has 1 aliphatic carbocycles. The van der Waals surface area contributed by atoms with Gasteiger partial charge in [-0.1, -0.05) is 47.5 Å². The summed E-state index contributed by atoms with van der Waals surface area (Å²) < 4.78 is 7.28. The molecule has 1 aliphatic heterocycles. The smallest absolute Gasteiger partial charge is 0.344 e. The highest BCUT2D eigenvalue weighted by Gasteiger charge is 2.44. The first kappa shape index (κ1) is 28.3. The number of hydrogen-bond acceptors (Lipinski definition) is 5. The number of hydrogen-bond donors (Lipinski definition) is 0. The highest BCUT2D eigenvalue weighted by Crippen LogP contribution is 2.44. The summed E-state index contributed by atoms with van der Waals surface area (Å²) in [6.07, 6.45) is 4.70. The van der Waals surface area contributed by atoms with Crippen LogP contribution < -0.4 is 5.56 Å². The Morgan fingerprint density at radius 3 is 2.42 bits per heavy atom. The molecule has 5 rings (SSSR count). The molecule has 1 fully saturated rings. The van der Waals surface area contributed by atoms with E-state index >= 15 is 0 Å². The Kier molecular flexibility index (Phi) is 8.31. The first-order valence-corrected chi connectivity index (χ1v) is 14.3.